The number of aromatic nitrogens is 1. The maximum absolute atomic E-state index is 4.47. The monoisotopic (exact) mass is 253 g/mol. The lowest BCUT2D eigenvalue weighted by Gasteiger charge is -2.01. The van der Waals surface area contributed by atoms with E-state index in [0.29, 0.717) is 0 Å². The molecule has 0 bridgehead atoms. The number of fused-ring (bicyclic) bond motifs is 1. The van der Waals surface area contributed by atoms with Crippen LogP contribution in [0.2, 0.25) is 0 Å². The summed E-state index contributed by atoms with van der Waals surface area (Å²) in [5, 5.41) is 7.32. The van der Waals surface area contributed by atoms with E-state index < -0.39 is 0 Å². The van der Waals surface area contributed by atoms with Crippen molar-refractivity contribution in [3.05, 3.63) is 58.8 Å². The van der Waals surface area contributed by atoms with Crippen LogP contribution >= 0.6 is 11.3 Å². The standard InChI is InChI=1S/C14H11N3S/c1-2-6-13-11(4-1)7-8-14(16-13)17-15-10-12-5-3-9-18-12/h1-10H,(H,16,17)/b15-10+. The highest BCUT2D eigenvalue weighted by molar-refractivity contribution is 7.11. The van der Waals surface area contributed by atoms with Gasteiger partial charge >= 0.3 is 0 Å². The number of hydrogen-bond acceptors (Lipinski definition) is 4. The molecule has 0 radical (unpaired) electrons. The fraction of sp³-hybridized carbons (Fsp3) is 0. The van der Waals surface area contributed by atoms with Crippen molar-refractivity contribution in [2.24, 2.45) is 5.10 Å². The smallest absolute Gasteiger partial charge is 0.146 e. The molecule has 0 aliphatic rings. The van der Waals surface area contributed by atoms with Crippen LogP contribution < -0.4 is 5.43 Å². The Morgan fingerprint density at radius 1 is 1.06 bits per heavy atom. The summed E-state index contributed by atoms with van der Waals surface area (Å²) in [6, 6.07) is 16.0. The van der Waals surface area contributed by atoms with Crippen molar-refractivity contribution in [2.75, 3.05) is 5.43 Å². The molecule has 1 aromatic carbocycles. The summed E-state index contributed by atoms with van der Waals surface area (Å²) in [5.41, 5.74) is 3.91. The van der Waals surface area contributed by atoms with E-state index in [-0.39, 0.29) is 0 Å². The van der Waals surface area contributed by atoms with Crippen molar-refractivity contribution < 1.29 is 0 Å². The number of benzene rings is 1. The second kappa shape index (κ2) is 4.98. The zero-order valence-corrected chi connectivity index (χ0v) is 10.4. The van der Waals surface area contributed by atoms with Crippen LogP contribution in [0, 0.1) is 0 Å². The van der Waals surface area contributed by atoms with Gasteiger partial charge in [-0.25, -0.2) is 4.98 Å². The minimum absolute atomic E-state index is 0.751. The zero-order valence-electron chi connectivity index (χ0n) is 9.58. The van der Waals surface area contributed by atoms with Crippen LogP contribution in [-0.2, 0) is 0 Å². The first-order valence-electron chi connectivity index (χ1n) is 5.60. The maximum atomic E-state index is 4.47. The Labute approximate surface area is 109 Å². The first kappa shape index (κ1) is 10.9. The average Bonchev–Trinajstić information content (AvgIpc) is 2.92. The molecule has 0 atom stereocenters. The molecule has 0 saturated carbocycles. The highest BCUT2D eigenvalue weighted by Gasteiger charge is 1.95. The largest absolute Gasteiger partial charge is 0.261 e. The number of nitrogens with one attached hydrogen (secondary N) is 1. The predicted molar refractivity (Wildman–Crippen MR) is 77.3 cm³/mol. The van der Waals surface area contributed by atoms with E-state index in [0.717, 1.165) is 21.6 Å². The van der Waals surface area contributed by atoms with Crippen LogP contribution in [-0.4, -0.2) is 11.2 Å². The molecule has 0 aliphatic heterocycles. The summed E-state index contributed by atoms with van der Waals surface area (Å²) >= 11 is 1.65. The van der Waals surface area contributed by atoms with Gasteiger partial charge in [-0.2, -0.15) is 5.10 Å². The minimum Gasteiger partial charge on any atom is -0.261 e. The molecule has 0 spiro atoms. The van der Waals surface area contributed by atoms with Crippen LogP contribution in [0.4, 0.5) is 5.82 Å². The van der Waals surface area contributed by atoms with Gasteiger partial charge in [-0.05, 0) is 29.6 Å². The topological polar surface area (TPSA) is 37.3 Å². The molecule has 0 saturated heterocycles. The van der Waals surface area contributed by atoms with Crippen molar-refractivity contribution in [3.8, 4) is 0 Å². The molecule has 3 aromatic rings. The Balaban J connectivity index is 1.78. The van der Waals surface area contributed by atoms with Gasteiger partial charge in [0.15, 0.2) is 0 Å². The van der Waals surface area contributed by atoms with Crippen LogP contribution in [0.25, 0.3) is 10.9 Å². The molecule has 18 heavy (non-hydrogen) atoms. The summed E-state index contributed by atoms with van der Waals surface area (Å²) in [6.07, 6.45) is 1.79. The number of hydrazone groups is 1. The molecule has 0 fully saturated rings. The molecule has 88 valence electrons. The summed E-state index contributed by atoms with van der Waals surface area (Å²) in [4.78, 5) is 5.59. The van der Waals surface area contributed by atoms with E-state index in [1.807, 2.05) is 53.9 Å². The zero-order chi connectivity index (χ0) is 12.2. The predicted octanol–water partition coefficient (Wildman–Crippen LogP) is 3.74. The molecule has 3 nitrogen and oxygen atoms in total. The Morgan fingerprint density at radius 2 is 2.00 bits per heavy atom. The van der Waals surface area contributed by atoms with Crippen molar-refractivity contribution in [1.82, 2.24) is 4.98 Å². The van der Waals surface area contributed by atoms with Crippen LogP contribution in [0.5, 0.6) is 0 Å². The second-order valence-corrected chi connectivity index (χ2v) is 4.75. The highest BCUT2D eigenvalue weighted by Crippen LogP contribution is 2.14. The van der Waals surface area contributed by atoms with E-state index in [2.05, 4.69) is 15.5 Å². The molecule has 1 N–H and O–H groups in total. The van der Waals surface area contributed by atoms with Crippen LogP contribution in [0.15, 0.2) is 59.0 Å². The lowest BCUT2D eigenvalue weighted by atomic mass is 10.2. The number of thiophene rings is 1. The molecule has 2 aromatic heterocycles. The maximum Gasteiger partial charge on any atom is 0.146 e. The number of para-hydroxylation sites is 1. The van der Waals surface area contributed by atoms with E-state index in [4.69, 9.17) is 0 Å². The Kier molecular flexibility index (Phi) is 3.02. The van der Waals surface area contributed by atoms with Gasteiger partial charge in [0.05, 0.1) is 11.7 Å². The van der Waals surface area contributed by atoms with Gasteiger partial charge in [0, 0.05) is 10.3 Å². The van der Waals surface area contributed by atoms with Crippen LogP contribution in [0.3, 0.4) is 0 Å². The van der Waals surface area contributed by atoms with E-state index in [9.17, 15) is 0 Å². The normalized spacial score (nSPS) is 11.1. The summed E-state index contributed by atoms with van der Waals surface area (Å²) < 4.78 is 0. The molecule has 0 unspecified atom stereocenters. The SMILES string of the molecule is C(=N\Nc1ccc2ccccc2n1)/c1cccs1. The number of rotatable bonds is 3. The fourth-order valence-corrected chi connectivity index (χ4v) is 2.24. The van der Waals surface area contributed by atoms with Gasteiger partial charge in [-0.1, -0.05) is 24.3 Å². The van der Waals surface area contributed by atoms with Gasteiger partial charge in [-0.3, -0.25) is 5.43 Å². The Hall–Kier alpha value is -2.20. The first-order valence-corrected chi connectivity index (χ1v) is 6.48. The third-order valence-corrected chi connectivity index (χ3v) is 3.32. The van der Waals surface area contributed by atoms with Crippen molar-refractivity contribution in [2.45, 2.75) is 0 Å². The average molecular weight is 253 g/mol. The first-order chi connectivity index (χ1) is 8.92. The van der Waals surface area contributed by atoms with E-state index >= 15 is 0 Å². The fourth-order valence-electron chi connectivity index (χ4n) is 1.66. The van der Waals surface area contributed by atoms with Gasteiger partial charge in [0.2, 0.25) is 0 Å². The lowest BCUT2D eigenvalue weighted by molar-refractivity contribution is 1.27. The molecular formula is C14H11N3S. The second-order valence-electron chi connectivity index (χ2n) is 3.77. The third-order valence-electron chi connectivity index (χ3n) is 2.51. The number of nitrogens with zero attached hydrogens (tertiary/aromatic N) is 2. The minimum atomic E-state index is 0.751. The van der Waals surface area contributed by atoms with Gasteiger partial charge < -0.3 is 0 Å². The van der Waals surface area contributed by atoms with Gasteiger partial charge in [-0.15, -0.1) is 11.3 Å². The van der Waals surface area contributed by atoms with Gasteiger partial charge in [0.1, 0.15) is 5.82 Å². The molecule has 3 rings (SSSR count). The van der Waals surface area contributed by atoms with Crippen molar-refractivity contribution >= 4 is 34.3 Å². The van der Waals surface area contributed by atoms with Gasteiger partial charge in [0.25, 0.3) is 0 Å². The summed E-state index contributed by atoms with van der Waals surface area (Å²) in [6.45, 7) is 0. The molecule has 0 amide bonds. The number of hydrogen-bond donors (Lipinski definition) is 1. The molecular weight excluding hydrogens is 242 g/mol. The highest BCUT2D eigenvalue weighted by atomic mass is 32.1. The van der Waals surface area contributed by atoms with E-state index in [1.165, 1.54) is 0 Å². The lowest BCUT2D eigenvalue weighted by Crippen LogP contribution is -1.92. The number of anilines is 1. The van der Waals surface area contributed by atoms with E-state index in [1.54, 1.807) is 17.6 Å². The molecule has 2 heterocycles. The number of pyridine rings is 1. The van der Waals surface area contributed by atoms with Crippen molar-refractivity contribution in [3.63, 3.8) is 0 Å². The third kappa shape index (κ3) is 2.38. The molecule has 4 heteroatoms. The van der Waals surface area contributed by atoms with Crippen molar-refractivity contribution in [1.29, 1.82) is 0 Å². The van der Waals surface area contributed by atoms with Crippen LogP contribution in [0.1, 0.15) is 4.88 Å². The Morgan fingerprint density at radius 3 is 2.89 bits per heavy atom. The summed E-state index contributed by atoms with van der Waals surface area (Å²) in [7, 11) is 0. The molecule has 0 aliphatic carbocycles. The quantitative estimate of drug-likeness (QED) is 0.570. The summed E-state index contributed by atoms with van der Waals surface area (Å²) in [5.74, 6) is 0.751. The Bertz CT molecular complexity index is 674.